The van der Waals surface area contributed by atoms with Gasteiger partial charge in [0.05, 0.1) is 18.7 Å². The minimum atomic E-state index is -3.05. The zero-order chi connectivity index (χ0) is 36.9. The summed E-state index contributed by atoms with van der Waals surface area (Å²) in [6.07, 6.45) is 5.64. The van der Waals surface area contributed by atoms with Crippen LogP contribution in [0.5, 0.6) is 11.5 Å². The molecule has 4 aromatic rings. The number of nitrogens with zero attached hydrogens (tertiary/aromatic N) is 2. The average Bonchev–Trinajstić information content (AvgIpc) is 4.00. The molecule has 2 atom stereocenters. The van der Waals surface area contributed by atoms with Crippen LogP contribution in [-0.4, -0.2) is 55.9 Å². The van der Waals surface area contributed by atoms with E-state index in [-0.39, 0.29) is 36.1 Å². The van der Waals surface area contributed by atoms with Crippen LogP contribution in [0, 0.1) is 11.8 Å². The zero-order valence-electron chi connectivity index (χ0n) is 28.9. The molecule has 4 aliphatic rings. The minimum Gasteiger partial charge on any atom is -0.489 e. The number of H-pyrrole nitrogens is 1. The van der Waals surface area contributed by atoms with E-state index < -0.39 is 24.8 Å². The lowest BCUT2D eigenvalue weighted by atomic mass is 9.86. The Balaban J connectivity index is 1.13. The van der Waals surface area contributed by atoms with Gasteiger partial charge >= 0.3 is 18.7 Å². The van der Waals surface area contributed by atoms with Crippen LogP contribution >= 0.6 is 23.2 Å². The fourth-order valence-electron chi connectivity index (χ4n) is 6.89. The molecule has 1 saturated carbocycles. The second kappa shape index (κ2) is 16.7. The molecule has 1 amide bonds. The number of piperidine rings is 3. The molecule has 4 fully saturated rings. The topological polar surface area (TPSA) is 91.7 Å². The van der Waals surface area contributed by atoms with Gasteiger partial charge in [0.25, 0.3) is 0 Å². The summed E-state index contributed by atoms with van der Waals surface area (Å²) >= 11 is 13.0. The van der Waals surface area contributed by atoms with E-state index in [1.165, 1.54) is 6.07 Å². The number of fused-ring (bicyclic) bond motifs is 3. The zero-order valence-corrected chi connectivity index (χ0v) is 30.4. The van der Waals surface area contributed by atoms with Crippen molar-refractivity contribution >= 4 is 41.0 Å². The van der Waals surface area contributed by atoms with Gasteiger partial charge in [-0.1, -0.05) is 59.6 Å². The van der Waals surface area contributed by atoms with Crippen molar-refractivity contribution in [3.63, 3.8) is 0 Å². The molecule has 2 bridgehead atoms. The van der Waals surface area contributed by atoms with Crippen molar-refractivity contribution in [2.24, 2.45) is 11.8 Å². The van der Waals surface area contributed by atoms with Crippen molar-refractivity contribution in [1.29, 1.82) is 0 Å². The molecule has 1 N–H and O–H groups in total. The number of para-hydroxylation sites is 1. The number of hydrogen-bond donors (Lipinski definition) is 0. The van der Waals surface area contributed by atoms with Crippen LogP contribution in [0.3, 0.4) is 0 Å². The van der Waals surface area contributed by atoms with Crippen LogP contribution in [-0.2, 0) is 22.4 Å². The third kappa shape index (κ3) is 9.38. The normalized spacial score (nSPS) is 19.8. The van der Waals surface area contributed by atoms with Crippen LogP contribution in [0.25, 0.3) is 0 Å². The Morgan fingerprint density at radius 2 is 1.66 bits per heavy atom. The van der Waals surface area contributed by atoms with Gasteiger partial charge in [0, 0.05) is 24.2 Å². The van der Waals surface area contributed by atoms with Gasteiger partial charge in [-0.3, -0.25) is 9.80 Å². The monoisotopic (exact) mass is 766 g/mol. The molecule has 8 rings (SSSR count). The molecule has 0 radical (unpaired) electrons. The number of aromatic nitrogens is 1. The van der Waals surface area contributed by atoms with E-state index in [4.69, 9.17) is 42.1 Å². The van der Waals surface area contributed by atoms with E-state index in [9.17, 15) is 18.4 Å². The van der Waals surface area contributed by atoms with E-state index in [0.29, 0.717) is 50.9 Å². The number of aromatic amines is 1. The molecule has 13 heteroatoms. The van der Waals surface area contributed by atoms with Crippen LogP contribution in [0.15, 0.2) is 85.2 Å². The standard InChI is InChI=1S/C40H39Cl2F2N3O6/c41-32-20-45-21-33(42)31(32)19-35(28-11-12-34(52-39(43)44)36(18-28)50-24-25-9-10-25)51-38(48)29-6-4-5-26(17-29)22-47(30-7-2-1-3-8-30)40(49)53-37-23-46-15-13-27(37)14-16-46/h1-8,11-12,17-18,20-21,25,27,35,37,39H,9-10,13-16,19,22-24H2/p+1/t35-,37-/m0/s1. The molecule has 1 aromatic heterocycles. The third-order valence-corrected chi connectivity index (χ3v) is 10.7. The van der Waals surface area contributed by atoms with Gasteiger partial charge in [0.2, 0.25) is 0 Å². The second-order valence-electron chi connectivity index (χ2n) is 13.7. The summed E-state index contributed by atoms with van der Waals surface area (Å²) in [4.78, 5) is 34.5. The Morgan fingerprint density at radius 3 is 2.34 bits per heavy atom. The second-order valence-corrected chi connectivity index (χ2v) is 14.6. The lowest BCUT2D eigenvalue weighted by Gasteiger charge is -2.44. The molecular weight excluding hydrogens is 727 g/mol. The van der Waals surface area contributed by atoms with Gasteiger partial charge in [0.1, 0.15) is 22.3 Å². The molecule has 0 spiro atoms. The first-order chi connectivity index (χ1) is 25.7. The summed E-state index contributed by atoms with van der Waals surface area (Å²) < 4.78 is 49.5. The van der Waals surface area contributed by atoms with Crippen molar-refractivity contribution in [3.8, 4) is 11.5 Å². The summed E-state index contributed by atoms with van der Waals surface area (Å²) in [5, 5.41) is 0.657. The van der Waals surface area contributed by atoms with Gasteiger partial charge in [0.15, 0.2) is 23.9 Å². The average molecular weight is 768 g/mol. The number of carbonyl (C=O) groups excluding carboxylic acids is 2. The smallest absolute Gasteiger partial charge is 0.414 e. The summed E-state index contributed by atoms with van der Waals surface area (Å²) in [7, 11) is 0. The van der Waals surface area contributed by atoms with Gasteiger partial charge in [-0.25, -0.2) is 14.6 Å². The first-order valence-corrected chi connectivity index (χ1v) is 18.6. The highest BCUT2D eigenvalue weighted by Crippen LogP contribution is 2.38. The van der Waals surface area contributed by atoms with E-state index >= 15 is 0 Å². The quantitative estimate of drug-likeness (QED) is 0.119. The van der Waals surface area contributed by atoms with Crippen LogP contribution in [0.4, 0.5) is 19.3 Å². The van der Waals surface area contributed by atoms with E-state index in [2.05, 4.69) is 9.88 Å². The van der Waals surface area contributed by atoms with E-state index in [1.54, 1.807) is 47.6 Å². The number of benzene rings is 3. The Labute approximate surface area is 316 Å². The molecule has 278 valence electrons. The van der Waals surface area contributed by atoms with E-state index in [1.807, 2.05) is 36.4 Å². The number of esters is 1. The highest BCUT2D eigenvalue weighted by Gasteiger charge is 2.37. The molecule has 4 heterocycles. The molecule has 9 nitrogen and oxygen atoms in total. The number of amides is 1. The summed E-state index contributed by atoms with van der Waals surface area (Å²) in [6.45, 7) is 0.233. The summed E-state index contributed by atoms with van der Waals surface area (Å²) in [6, 6.07) is 20.6. The molecule has 3 aromatic carbocycles. The maximum atomic E-state index is 13.9. The van der Waals surface area contributed by atoms with Crippen molar-refractivity contribution in [3.05, 3.63) is 117 Å². The fraction of sp³-hybridized carbons (Fsp3) is 0.375. The molecule has 3 aliphatic heterocycles. The molecule has 3 saturated heterocycles. The van der Waals surface area contributed by atoms with Gasteiger partial charge in [-0.2, -0.15) is 8.78 Å². The number of rotatable bonds is 14. The van der Waals surface area contributed by atoms with Crippen molar-refractivity contribution < 1.29 is 42.3 Å². The number of halogens is 4. The first kappa shape index (κ1) is 36.9. The van der Waals surface area contributed by atoms with Crippen molar-refractivity contribution in [2.75, 3.05) is 31.1 Å². The van der Waals surface area contributed by atoms with Crippen molar-refractivity contribution in [2.45, 2.75) is 57.5 Å². The largest absolute Gasteiger partial charge is 0.489 e. The number of alkyl halides is 2. The highest BCUT2D eigenvalue weighted by atomic mass is 35.5. The Bertz CT molecular complexity index is 1890. The SMILES string of the molecule is O=C(O[C@@H](Cc1c(Cl)c[nH+]cc1Cl)c1ccc(OC(F)F)c(OCC2CC2)c1)c1cccc(CN(C(=O)O[C@H]2CN3CCC2CC3)c2ccccc2)c1. The van der Waals surface area contributed by atoms with E-state index in [0.717, 1.165) is 45.3 Å². The molecule has 1 aliphatic carbocycles. The van der Waals surface area contributed by atoms with Gasteiger partial charge in [-0.15, -0.1) is 0 Å². The Hall–Kier alpha value is -4.45. The van der Waals surface area contributed by atoms with Crippen molar-refractivity contribution in [1.82, 2.24) is 4.90 Å². The predicted molar refractivity (Wildman–Crippen MR) is 195 cm³/mol. The van der Waals surface area contributed by atoms with Gasteiger partial charge in [-0.05, 0) is 98.1 Å². The Morgan fingerprint density at radius 1 is 0.906 bits per heavy atom. The number of pyridine rings is 1. The number of carbonyl (C=O) groups is 2. The highest BCUT2D eigenvalue weighted by molar-refractivity contribution is 6.35. The minimum absolute atomic E-state index is 0.0715. The van der Waals surface area contributed by atoms with Gasteiger partial charge < -0.3 is 18.9 Å². The number of hydrogen-bond acceptors (Lipinski definition) is 7. The maximum Gasteiger partial charge on any atom is 0.414 e. The molecule has 53 heavy (non-hydrogen) atoms. The number of anilines is 1. The van der Waals surface area contributed by atoms with Crippen LogP contribution in [0.1, 0.15) is 58.8 Å². The maximum absolute atomic E-state index is 13.9. The summed E-state index contributed by atoms with van der Waals surface area (Å²) in [5.41, 5.74) is 2.58. The lowest BCUT2D eigenvalue weighted by molar-refractivity contribution is -0.377. The van der Waals surface area contributed by atoms with Crippen LogP contribution < -0.4 is 19.4 Å². The Kier molecular flexibility index (Phi) is 11.6. The fourth-order valence-corrected chi connectivity index (χ4v) is 7.42. The lowest BCUT2D eigenvalue weighted by Crippen LogP contribution is -2.53. The number of ether oxygens (including phenoxy) is 4. The number of nitrogens with one attached hydrogen (secondary N) is 1. The molecule has 0 unspecified atom stereocenters. The summed E-state index contributed by atoms with van der Waals surface area (Å²) in [5.74, 6) is 0.0310. The predicted octanol–water partition coefficient (Wildman–Crippen LogP) is 8.58. The third-order valence-electron chi connectivity index (χ3n) is 10.0. The molecular formula is C40H40Cl2F2N3O6+. The van der Waals surface area contributed by atoms with Crippen LogP contribution in [0.2, 0.25) is 10.0 Å². The first-order valence-electron chi connectivity index (χ1n) is 17.8.